The second kappa shape index (κ2) is 6.00. The first kappa shape index (κ1) is 12.3. The SMILES string of the molecule is CC(CCc1ccco1)Nc1ncncc1I. The van der Waals surface area contributed by atoms with Crippen molar-refractivity contribution in [1.82, 2.24) is 9.97 Å². The molecule has 17 heavy (non-hydrogen) atoms. The zero-order valence-electron chi connectivity index (χ0n) is 9.56. The molecule has 0 aliphatic carbocycles. The van der Waals surface area contributed by atoms with E-state index in [1.165, 1.54) is 0 Å². The van der Waals surface area contributed by atoms with Crippen LogP contribution in [0.1, 0.15) is 19.1 Å². The van der Waals surface area contributed by atoms with Gasteiger partial charge in [0.25, 0.3) is 0 Å². The van der Waals surface area contributed by atoms with Gasteiger partial charge in [0, 0.05) is 18.7 Å². The predicted octanol–water partition coefficient (Wildman–Crippen LogP) is 3.11. The highest BCUT2D eigenvalue weighted by atomic mass is 127. The van der Waals surface area contributed by atoms with Gasteiger partial charge in [0.15, 0.2) is 0 Å². The molecule has 0 aromatic carbocycles. The van der Waals surface area contributed by atoms with Gasteiger partial charge in [-0.25, -0.2) is 9.97 Å². The molecular weight excluding hydrogens is 329 g/mol. The highest BCUT2D eigenvalue weighted by molar-refractivity contribution is 14.1. The molecule has 1 atom stereocenters. The van der Waals surface area contributed by atoms with Gasteiger partial charge in [0.2, 0.25) is 0 Å². The van der Waals surface area contributed by atoms with Crippen LogP contribution >= 0.6 is 22.6 Å². The lowest BCUT2D eigenvalue weighted by Crippen LogP contribution is -2.17. The van der Waals surface area contributed by atoms with E-state index >= 15 is 0 Å². The first-order valence-electron chi connectivity index (χ1n) is 5.50. The van der Waals surface area contributed by atoms with E-state index in [1.54, 1.807) is 18.8 Å². The Morgan fingerprint density at radius 2 is 2.41 bits per heavy atom. The fraction of sp³-hybridized carbons (Fsp3) is 0.333. The van der Waals surface area contributed by atoms with Crippen molar-refractivity contribution in [2.24, 2.45) is 0 Å². The van der Waals surface area contributed by atoms with Crippen molar-refractivity contribution in [3.63, 3.8) is 0 Å². The molecule has 0 aliphatic rings. The molecule has 0 saturated heterocycles. The molecule has 0 amide bonds. The van der Waals surface area contributed by atoms with Crippen LogP contribution in [0.4, 0.5) is 5.82 Å². The van der Waals surface area contributed by atoms with E-state index in [4.69, 9.17) is 4.42 Å². The van der Waals surface area contributed by atoms with Gasteiger partial charge in [-0.1, -0.05) is 0 Å². The van der Waals surface area contributed by atoms with Crippen molar-refractivity contribution < 1.29 is 4.42 Å². The standard InChI is InChI=1S/C12H14IN3O/c1-9(4-5-10-3-2-6-17-10)16-12-11(13)7-14-8-15-12/h2-3,6-9H,4-5H2,1H3,(H,14,15,16). The third-order valence-electron chi connectivity index (χ3n) is 2.45. The highest BCUT2D eigenvalue weighted by Gasteiger charge is 2.07. The number of rotatable bonds is 5. The van der Waals surface area contributed by atoms with Crippen molar-refractivity contribution in [1.29, 1.82) is 0 Å². The maximum absolute atomic E-state index is 5.30. The van der Waals surface area contributed by atoms with Gasteiger partial charge >= 0.3 is 0 Å². The van der Waals surface area contributed by atoms with Crippen molar-refractivity contribution in [3.05, 3.63) is 40.3 Å². The van der Waals surface area contributed by atoms with Crippen LogP contribution in [0.25, 0.3) is 0 Å². The largest absolute Gasteiger partial charge is 0.469 e. The van der Waals surface area contributed by atoms with E-state index in [1.807, 2.05) is 12.1 Å². The van der Waals surface area contributed by atoms with Gasteiger partial charge < -0.3 is 9.73 Å². The highest BCUT2D eigenvalue weighted by Crippen LogP contribution is 2.15. The molecule has 2 rings (SSSR count). The molecule has 2 aromatic rings. The minimum absolute atomic E-state index is 0.350. The third-order valence-corrected chi connectivity index (χ3v) is 3.24. The van der Waals surface area contributed by atoms with E-state index in [-0.39, 0.29) is 0 Å². The average molecular weight is 343 g/mol. The van der Waals surface area contributed by atoms with Gasteiger partial charge in [0.1, 0.15) is 17.9 Å². The van der Waals surface area contributed by atoms with Crippen LogP contribution < -0.4 is 5.32 Å². The Labute approximate surface area is 114 Å². The summed E-state index contributed by atoms with van der Waals surface area (Å²) in [6.45, 7) is 2.14. The smallest absolute Gasteiger partial charge is 0.143 e. The first-order chi connectivity index (χ1) is 8.25. The molecule has 2 heterocycles. The summed E-state index contributed by atoms with van der Waals surface area (Å²) < 4.78 is 6.34. The van der Waals surface area contributed by atoms with E-state index in [0.29, 0.717) is 6.04 Å². The number of anilines is 1. The minimum Gasteiger partial charge on any atom is -0.469 e. The van der Waals surface area contributed by atoms with Crippen LogP contribution in [0, 0.1) is 3.57 Å². The molecule has 0 spiro atoms. The molecule has 4 nitrogen and oxygen atoms in total. The van der Waals surface area contributed by atoms with Crippen molar-refractivity contribution >= 4 is 28.4 Å². The number of aromatic nitrogens is 2. The van der Waals surface area contributed by atoms with Gasteiger partial charge in [0.05, 0.1) is 9.83 Å². The lowest BCUT2D eigenvalue weighted by molar-refractivity contribution is 0.495. The number of hydrogen-bond donors (Lipinski definition) is 1. The number of halogens is 1. The zero-order chi connectivity index (χ0) is 12.1. The van der Waals surface area contributed by atoms with Gasteiger partial charge in [-0.15, -0.1) is 0 Å². The molecule has 5 heteroatoms. The summed E-state index contributed by atoms with van der Waals surface area (Å²) in [5.41, 5.74) is 0. The Kier molecular flexibility index (Phi) is 4.36. The molecule has 0 bridgehead atoms. The topological polar surface area (TPSA) is 51.0 Å². The normalized spacial score (nSPS) is 12.4. The lowest BCUT2D eigenvalue weighted by Gasteiger charge is -2.14. The quantitative estimate of drug-likeness (QED) is 0.848. The third kappa shape index (κ3) is 3.69. The van der Waals surface area contributed by atoms with E-state index in [0.717, 1.165) is 28.0 Å². The van der Waals surface area contributed by atoms with Crippen LogP contribution in [-0.2, 0) is 6.42 Å². The lowest BCUT2D eigenvalue weighted by atomic mass is 10.1. The summed E-state index contributed by atoms with van der Waals surface area (Å²) in [4.78, 5) is 8.18. The fourth-order valence-electron chi connectivity index (χ4n) is 1.54. The first-order valence-corrected chi connectivity index (χ1v) is 6.58. The van der Waals surface area contributed by atoms with E-state index in [9.17, 15) is 0 Å². The van der Waals surface area contributed by atoms with Gasteiger partial charge in [-0.2, -0.15) is 0 Å². The Morgan fingerprint density at radius 3 is 3.12 bits per heavy atom. The maximum Gasteiger partial charge on any atom is 0.143 e. The number of furan rings is 1. The number of hydrogen-bond acceptors (Lipinski definition) is 4. The van der Waals surface area contributed by atoms with Crippen molar-refractivity contribution in [3.8, 4) is 0 Å². The van der Waals surface area contributed by atoms with Gasteiger partial charge in [-0.05, 0) is 48.1 Å². The van der Waals surface area contributed by atoms with Crippen LogP contribution in [0.5, 0.6) is 0 Å². The van der Waals surface area contributed by atoms with Crippen molar-refractivity contribution in [2.45, 2.75) is 25.8 Å². The summed E-state index contributed by atoms with van der Waals surface area (Å²) in [5, 5.41) is 3.37. The Bertz CT molecular complexity index is 459. The second-order valence-electron chi connectivity index (χ2n) is 3.88. The monoisotopic (exact) mass is 343 g/mol. The molecule has 1 N–H and O–H groups in total. The number of nitrogens with one attached hydrogen (secondary N) is 1. The van der Waals surface area contributed by atoms with E-state index < -0.39 is 0 Å². The Balaban J connectivity index is 1.85. The van der Waals surface area contributed by atoms with Crippen LogP contribution in [0.3, 0.4) is 0 Å². The second-order valence-corrected chi connectivity index (χ2v) is 5.04. The summed E-state index contributed by atoms with van der Waals surface area (Å²) in [5.74, 6) is 1.92. The number of aryl methyl sites for hydroxylation is 1. The molecule has 0 fully saturated rings. The molecule has 2 aromatic heterocycles. The molecule has 0 saturated carbocycles. The molecule has 0 aliphatic heterocycles. The van der Waals surface area contributed by atoms with Crippen LogP contribution in [0.2, 0.25) is 0 Å². The molecule has 1 unspecified atom stereocenters. The summed E-state index contributed by atoms with van der Waals surface area (Å²) in [6, 6.07) is 4.27. The summed E-state index contributed by atoms with van der Waals surface area (Å²) in [7, 11) is 0. The Morgan fingerprint density at radius 1 is 1.53 bits per heavy atom. The predicted molar refractivity (Wildman–Crippen MR) is 74.9 cm³/mol. The summed E-state index contributed by atoms with van der Waals surface area (Å²) >= 11 is 2.23. The average Bonchev–Trinajstić information content (AvgIpc) is 2.82. The zero-order valence-corrected chi connectivity index (χ0v) is 11.7. The molecule has 0 radical (unpaired) electrons. The maximum atomic E-state index is 5.30. The Hall–Kier alpha value is -1.11. The number of nitrogens with zero attached hydrogens (tertiary/aromatic N) is 2. The summed E-state index contributed by atoms with van der Waals surface area (Å²) in [6.07, 6.45) is 7.01. The van der Waals surface area contributed by atoms with Gasteiger partial charge in [-0.3, -0.25) is 0 Å². The van der Waals surface area contributed by atoms with E-state index in [2.05, 4.69) is 44.8 Å². The van der Waals surface area contributed by atoms with Crippen LogP contribution in [0.15, 0.2) is 35.3 Å². The van der Waals surface area contributed by atoms with Crippen LogP contribution in [-0.4, -0.2) is 16.0 Å². The molecular formula is C12H14IN3O. The minimum atomic E-state index is 0.350. The van der Waals surface area contributed by atoms with Crippen molar-refractivity contribution in [2.75, 3.05) is 5.32 Å². The fourth-order valence-corrected chi connectivity index (χ4v) is 1.99. The molecule has 90 valence electrons.